The third-order valence-electron chi connectivity index (χ3n) is 3.87. The standard InChI is InChI=1S/C14H14O/c15-13-7-6-11-8-9-14(13,10-11)12-4-2-1-3-5-12/h1-7,11H,8-10H2. The molecule has 1 nitrogen and oxygen atoms in total. The lowest BCUT2D eigenvalue weighted by atomic mass is 9.72. The molecule has 15 heavy (non-hydrogen) atoms. The lowest BCUT2D eigenvalue weighted by molar-refractivity contribution is -0.120. The van der Waals surface area contributed by atoms with Crippen LogP contribution in [0.4, 0.5) is 0 Å². The summed E-state index contributed by atoms with van der Waals surface area (Å²) >= 11 is 0. The van der Waals surface area contributed by atoms with Crippen LogP contribution in [0, 0.1) is 5.92 Å². The molecule has 2 atom stereocenters. The summed E-state index contributed by atoms with van der Waals surface area (Å²) in [5.41, 5.74) is 1.03. The van der Waals surface area contributed by atoms with Crippen LogP contribution in [0.3, 0.4) is 0 Å². The quantitative estimate of drug-likeness (QED) is 0.678. The molecule has 1 fully saturated rings. The average molecular weight is 198 g/mol. The molecular weight excluding hydrogens is 184 g/mol. The van der Waals surface area contributed by atoms with Crippen LogP contribution in [0.15, 0.2) is 42.5 Å². The molecule has 2 aliphatic carbocycles. The molecule has 1 heteroatoms. The van der Waals surface area contributed by atoms with Crippen molar-refractivity contribution < 1.29 is 4.79 Å². The van der Waals surface area contributed by atoms with Gasteiger partial charge in [0.25, 0.3) is 0 Å². The van der Waals surface area contributed by atoms with Crippen molar-refractivity contribution in [2.75, 3.05) is 0 Å². The zero-order valence-corrected chi connectivity index (χ0v) is 8.65. The van der Waals surface area contributed by atoms with Gasteiger partial charge in [-0.25, -0.2) is 0 Å². The molecule has 2 aliphatic rings. The van der Waals surface area contributed by atoms with Crippen LogP contribution < -0.4 is 0 Å². The van der Waals surface area contributed by atoms with Gasteiger partial charge >= 0.3 is 0 Å². The summed E-state index contributed by atoms with van der Waals surface area (Å²) in [5.74, 6) is 0.936. The van der Waals surface area contributed by atoms with E-state index in [2.05, 4.69) is 18.2 Å². The van der Waals surface area contributed by atoms with E-state index in [1.807, 2.05) is 18.2 Å². The molecule has 0 saturated heterocycles. The number of hydrogen-bond donors (Lipinski definition) is 0. The Labute approximate surface area is 89.8 Å². The predicted molar refractivity (Wildman–Crippen MR) is 59.6 cm³/mol. The first-order valence-electron chi connectivity index (χ1n) is 5.59. The molecular formula is C14H14O. The molecule has 0 amide bonds. The first kappa shape index (κ1) is 8.90. The Hall–Kier alpha value is -1.37. The highest BCUT2D eigenvalue weighted by atomic mass is 16.1. The monoisotopic (exact) mass is 198 g/mol. The van der Waals surface area contributed by atoms with Gasteiger partial charge in [0.05, 0.1) is 5.41 Å². The van der Waals surface area contributed by atoms with Crippen LogP contribution in [0.25, 0.3) is 0 Å². The van der Waals surface area contributed by atoms with E-state index in [0.29, 0.717) is 11.7 Å². The van der Waals surface area contributed by atoms with E-state index < -0.39 is 0 Å². The van der Waals surface area contributed by atoms with Crippen LogP contribution in [-0.4, -0.2) is 5.78 Å². The molecule has 0 aliphatic heterocycles. The van der Waals surface area contributed by atoms with Crippen molar-refractivity contribution >= 4 is 5.78 Å². The van der Waals surface area contributed by atoms with Crippen molar-refractivity contribution in [2.24, 2.45) is 5.92 Å². The first-order valence-corrected chi connectivity index (χ1v) is 5.59. The lowest BCUT2D eigenvalue weighted by Crippen LogP contribution is -2.33. The Bertz CT molecular complexity index is 418. The number of ketones is 1. The van der Waals surface area contributed by atoms with Gasteiger partial charge in [-0.3, -0.25) is 4.79 Å². The Kier molecular flexibility index (Phi) is 1.82. The fraction of sp³-hybridized carbons (Fsp3) is 0.357. The third-order valence-corrected chi connectivity index (χ3v) is 3.87. The van der Waals surface area contributed by atoms with Gasteiger partial charge in [0, 0.05) is 0 Å². The van der Waals surface area contributed by atoms with Crippen molar-refractivity contribution in [3.63, 3.8) is 0 Å². The summed E-state index contributed by atoms with van der Waals surface area (Å²) in [7, 11) is 0. The molecule has 2 unspecified atom stereocenters. The summed E-state index contributed by atoms with van der Waals surface area (Å²) in [6.45, 7) is 0. The zero-order valence-electron chi connectivity index (χ0n) is 8.65. The molecule has 0 aromatic heterocycles. The van der Waals surface area contributed by atoms with Gasteiger partial charge in [0.15, 0.2) is 5.78 Å². The average Bonchev–Trinajstić information content (AvgIpc) is 2.66. The first-order chi connectivity index (χ1) is 7.31. The fourth-order valence-electron chi connectivity index (χ4n) is 3.02. The minimum Gasteiger partial charge on any atom is -0.294 e. The predicted octanol–water partition coefficient (Wildman–Crippen LogP) is 2.86. The lowest BCUT2D eigenvalue weighted by Gasteiger charge is -2.29. The molecule has 0 spiro atoms. The molecule has 1 aromatic rings. The second-order valence-electron chi connectivity index (χ2n) is 4.67. The van der Waals surface area contributed by atoms with Crippen molar-refractivity contribution in [1.29, 1.82) is 0 Å². The van der Waals surface area contributed by atoms with Crippen LogP contribution in [0.5, 0.6) is 0 Å². The maximum Gasteiger partial charge on any atom is 0.165 e. The highest BCUT2D eigenvalue weighted by Crippen LogP contribution is 2.48. The number of benzene rings is 1. The van der Waals surface area contributed by atoms with Gasteiger partial charge in [-0.2, -0.15) is 0 Å². The van der Waals surface area contributed by atoms with Gasteiger partial charge in [-0.15, -0.1) is 0 Å². The van der Waals surface area contributed by atoms with Crippen LogP contribution >= 0.6 is 0 Å². The van der Waals surface area contributed by atoms with E-state index in [-0.39, 0.29) is 5.41 Å². The summed E-state index contributed by atoms with van der Waals surface area (Å²) < 4.78 is 0. The van der Waals surface area contributed by atoms with Crippen LogP contribution in [0.1, 0.15) is 24.8 Å². The Balaban J connectivity index is 2.11. The largest absolute Gasteiger partial charge is 0.294 e. The third kappa shape index (κ3) is 1.19. The molecule has 3 rings (SSSR count). The Morgan fingerprint density at radius 3 is 2.80 bits per heavy atom. The van der Waals surface area contributed by atoms with Crippen molar-refractivity contribution in [3.8, 4) is 0 Å². The van der Waals surface area contributed by atoms with E-state index in [1.165, 1.54) is 5.56 Å². The van der Waals surface area contributed by atoms with Crippen LogP contribution in [0.2, 0.25) is 0 Å². The second kappa shape index (κ2) is 3.06. The summed E-state index contributed by atoms with van der Waals surface area (Å²) in [6, 6.07) is 10.3. The van der Waals surface area contributed by atoms with E-state index in [4.69, 9.17) is 0 Å². The molecule has 0 N–H and O–H groups in total. The summed E-state index contributed by atoms with van der Waals surface area (Å²) in [4.78, 5) is 12.1. The fourth-order valence-corrected chi connectivity index (χ4v) is 3.02. The molecule has 76 valence electrons. The summed E-state index contributed by atoms with van der Waals surface area (Å²) in [6.07, 6.45) is 7.10. The number of allylic oxidation sites excluding steroid dienone is 2. The van der Waals surface area contributed by atoms with E-state index in [9.17, 15) is 4.79 Å². The van der Waals surface area contributed by atoms with Gasteiger partial charge < -0.3 is 0 Å². The number of carbonyl (C=O) groups is 1. The van der Waals surface area contributed by atoms with Crippen molar-refractivity contribution in [1.82, 2.24) is 0 Å². The van der Waals surface area contributed by atoms with Crippen molar-refractivity contribution in [3.05, 3.63) is 48.0 Å². The topological polar surface area (TPSA) is 17.1 Å². The Morgan fingerprint density at radius 2 is 2.00 bits per heavy atom. The molecule has 1 aromatic carbocycles. The number of rotatable bonds is 1. The summed E-state index contributed by atoms with van der Waals surface area (Å²) in [5, 5.41) is 0. The highest BCUT2D eigenvalue weighted by Gasteiger charge is 2.46. The van der Waals surface area contributed by atoms with E-state index in [0.717, 1.165) is 19.3 Å². The molecule has 1 saturated carbocycles. The van der Waals surface area contributed by atoms with E-state index >= 15 is 0 Å². The normalized spacial score (nSPS) is 33.3. The van der Waals surface area contributed by atoms with Gasteiger partial charge in [0.1, 0.15) is 0 Å². The smallest absolute Gasteiger partial charge is 0.165 e. The molecule has 0 heterocycles. The maximum absolute atomic E-state index is 12.1. The Morgan fingerprint density at radius 1 is 1.20 bits per heavy atom. The zero-order chi connectivity index (χ0) is 10.3. The SMILES string of the molecule is O=C1C=CC2CCC1(c1ccccc1)C2. The van der Waals surface area contributed by atoms with Gasteiger partial charge in [-0.1, -0.05) is 36.4 Å². The van der Waals surface area contributed by atoms with Crippen LogP contribution in [-0.2, 0) is 10.2 Å². The van der Waals surface area contributed by atoms with E-state index in [1.54, 1.807) is 6.08 Å². The highest BCUT2D eigenvalue weighted by molar-refractivity contribution is 6.00. The number of hydrogen-bond acceptors (Lipinski definition) is 1. The number of fused-ring (bicyclic) bond motifs is 2. The minimum absolute atomic E-state index is 0.180. The van der Waals surface area contributed by atoms with Gasteiger partial charge in [-0.05, 0) is 36.8 Å². The van der Waals surface area contributed by atoms with Gasteiger partial charge in [0.2, 0.25) is 0 Å². The van der Waals surface area contributed by atoms with Crippen molar-refractivity contribution in [2.45, 2.75) is 24.7 Å². The number of carbonyl (C=O) groups excluding carboxylic acids is 1. The molecule has 2 bridgehead atoms. The minimum atomic E-state index is -0.180. The molecule has 0 radical (unpaired) electrons. The maximum atomic E-state index is 12.1. The second-order valence-corrected chi connectivity index (χ2v) is 4.67.